The first-order valence-electron chi connectivity index (χ1n) is 8.63. The molecular formula is C19H19F2N3O4. The van der Waals surface area contributed by atoms with Gasteiger partial charge in [0, 0.05) is 31.8 Å². The molecule has 1 saturated heterocycles. The molecule has 2 aromatic rings. The van der Waals surface area contributed by atoms with Gasteiger partial charge in [-0.1, -0.05) is 12.1 Å². The summed E-state index contributed by atoms with van der Waals surface area (Å²) in [6, 6.07) is 7.23. The molecule has 3 N–H and O–H groups in total. The van der Waals surface area contributed by atoms with E-state index < -0.39 is 23.6 Å². The second-order valence-electron chi connectivity index (χ2n) is 6.19. The highest BCUT2D eigenvalue weighted by Crippen LogP contribution is 2.26. The van der Waals surface area contributed by atoms with Gasteiger partial charge in [0.15, 0.2) is 0 Å². The lowest BCUT2D eigenvalue weighted by atomic mass is 10.1. The van der Waals surface area contributed by atoms with Crippen LogP contribution in [0.1, 0.15) is 15.9 Å². The van der Waals surface area contributed by atoms with Gasteiger partial charge in [0.1, 0.15) is 11.6 Å². The van der Waals surface area contributed by atoms with Crippen LogP contribution < -0.4 is 15.5 Å². The molecule has 1 heterocycles. The van der Waals surface area contributed by atoms with Crippen molar-refractivity contribution < 1.29 is 28.2 Å². The number of carbonyl (C=O) groups is 2. The Morgan fingerprint density at radius 3 is 2.39 bits per heavy atom. The zero-order valence-electron chi connectivity index (χ0n) is 14.9. The SMILES string of the molecule is O=C(NCc1ccc(C(=O)O)cc1)Nc1cc(F)c(N2CCOCC2)cc1F. The number of benzene rings is 2. The molecule has 3 rings (SSSR count). The van der Waals surface area contributed by atoms with Gasteiger partial charge < -0.3 is 25.4 Å². The van der Waals surface area contributed by atoms with E-state index in [1.807, 2.05) is 0 Å². The second-order valence-corrected chi connectivity index (χ2v) is 6.19. The number of halogens is 2. The molecule has 2 amide bonds. The number of carboxylic acid groups (broad SMARTS) is 1. The van der Waals surface area contributed by atoms with Crippen molar-refractivity contribution in [2.24, 2.45) is 0 Å². The van der Waals surface area contributed by atoms with Gasteiger partial charge in [-0.05, 0) is 17.7 Å². The van der Waals surface area contributed by atoms with E-state index in [0.717, 1.165) is 12.1 Å². The van der Waals surface area contributed by atoms with Crippen LogP contribution in [0.25, 0.3) is 0 Å². The van der Waals surface area contributed by atoms with Crippen LogP contribution in [0.4, 0.5) is 25.0 Å². The average molecular weight is 391 g/mol. The number of amides is 2. The molecule has 0 unspecified atom stereocenters. The molecule has 2 aromatic carbocycles. The van der Waals surface area contributed by atoms with E-state index >= 15 is 0 Å². The summed E-state index contributed by atoms with van der Waals surface area (Å²) < 4.78 is 33.9. The maximum absolute atomic E-state index is 14.4. The van der Waals surface area contributed by atoms with E-state index in [1.54, 1.807) is 17.0 Å². The summed E-state index contributed by atoms with van der Waals surface area (Å²) in [7, 11) is 0. The summed E-state index contributed by atoms with van der Waals surface area (Å²) in [5, 5.41) is 13.6. The first kappa shape index (κ1) is 19.6. The Morgan fingerprint density at radius 2 is 1.75 bits per heavy atom. The fourth-order valence-electron chi connectivity index (χ4n) is 2.79. The Morgan fingerprint density at radius 1 is 1.07 bits per heavy atom. The fraction of sp³-hybridized carbons (Fsp3) is 0.263. The van der Waals surface area contributed by atoms with E-state index in [1.165, 1.54) is 12.1 Å². The lowest BCUT2D eigenvalue weighted by Gasteiger charge is -2.29. The number of carboxylic acids is 1. The zero-order chi connectivity index (χ0) is 20.1. The molecule has 0 aromatic heterocycles. The summed E-state index contributed by atoms with van der Waals surface area (Å²) in [5.41, 5.74) is 0.652. The van der Waals surface area contributed by atoms with Crippen LogP contribution in [0.3, 0.4) is 0 Å². The first-order valence-corrected chi connectivity index (χ1v) is 8.63. The Kier molecular flexibility index (Phi) is 6.05. The molecular weight excluding hydrogens is 372 g/mol. The van der Waals surface area contributed by atoms with E-state index in [-0.39, 0.29) is 23.5 Å². The van der Waals surface area contributed by atoms with Gasteiger partial charge in [-0.2, -0.15) is 0 Å². The molecule has 1 aliphatic rings. The molecule has 0 aliphatic carbocycles. The topological polar surface area (TPSA) is 90.9 Å². The van der Waals surface area contributed by atoms with Crippen molar-refractivity contribution in [2.45, 2.75) is 6.54 Å². The third-order valence-corrected chi connectivity index (χ3v) is 4.29. The molecule has 0 atom stereocenters. The molecule has 0 bridgehead atoms. The number of hydrogen-bond acceptors (Lipinski definition) is 4. The monoisotopic (exact) mass is 391 g/mol. The third kappa shape index (κ3) is 4.74. The Balaban J connectivity index is 1.60. The van der Waals surface area contributed by atoms with Gasteiger partial charge in [0.25, 0.3) is 0 Å². The summed E-state index contributed by atoms with van der Waals surface area (Å²) in [4.78, 5) is 24.5. The van der Waals surface area contributed by atoms with Crippen molar-refractivity contribution in [1.29, 1.82) is 0 Å². The zero-order valence-corrected chi connectivity index (χ0v) is 14.9. The number of nitrogens with one attached hydrogen (secondary N) is 2. The van der Waals surface area contributed by atoms with Crippen LogP contribution >= 0.6 is 0 Å². The van der Waals surface area contributed by atoms with Gasteiger partial charge >= 0.3 is 12.0 Å². The van der Waals surface area contributed by atoms with Crippen LogP contribution in [0.15, 0.2) is 36.4 Å². The summed E-state index contributed by atoms with van der Waals surface area (Å²) in [6.07, 6.45) is 0. The Labute approximate surface area is 159 Å². The van der Waals surface area contributed by atoms with Crippen LogP contribution in [-0.2, 0) is 11.3 Å². The normalized spacial score (nSPS) is 13.9. The van der Waals surface area contributed by atoms with Gasteiger partial charge in [-0.15, -0.1) is 0 Å². The van der Waals surface area contributed by atoms with E-state index in [4.69, 9.17) is 9.84 Å². The van der Waals surface area contributed by atoms with Gasteiger partial charge in [0.2, 0.25) is 0 Å². The van der Waals surface area contributed by atoms with Crippen LogP contribution in [-0.4, -0.2) is 43.4 Å². The molecule has 148 valence electrons. The molecule has 9 heteroatoms. The fourth-order valence-corrected chi connectivity index (χ4v) is 2.79. The summed E-state index contributed by atoms with van der Waals surface area (Å²) in [6.45, 7) is 1.91. The number of morpholine rings is 1. The highest BCUT2D eigenvalue weighted by atomic mass is 19.1. The predicted molar refractivity (Wildman–Crippen MR) is 98.6 cm³/mol. The molecule has 1 fully saturated rings. The van der Waals surface area contributed by atoms with Crippen molar-refractivity contribution in [2.75, 3.05) is 36.5 Å². The van der Waals surface area contributed by atoms with Gasteiger partial charge in [-0.25, -0.2) is 18.4 Å². The molecule has 0 saturated carbocycles. The van der Waals surface area contributed by atoms with Crippen molar-refractivity contribution in [3.63, 3.8) is 0 Å². The molecule has 0 radical (unpaired) electrons. The molecule has 0 spiro atoms. The smallest absolute Gasteiger partial charge is 0.335 e. The minimum Gasteiger partial charge on any atom is -0.478 e. The molecule has 7 nitrogen and oxygen atoms in total. The number of anilines is 2. The van der Waals surface area contributed by atoms with E-state index in [9.17, 15) is 18.4 Å². The minimum absolute atomic E-state index is 0.0989. The van der Waals surface area contributed by atoms with Gasteiger partial charge in [-0.3, -0.25) is 0 Å². The van der Waals surface area contributed by atoms with Crippen molar-refractivity contribution in [3.8, 4) is 0 Å². The summed E-state index contributed by atoms with van der Waals surface area (Å²) in [5.74, 6) is -2.43. The average Bonchev–Trinajstić information content (AvgIpc) is 2.70. The number of nitrogens with zero attached hydrogens (tertiary/aromatic N) is 1. The van der Waals surface area contributed by atoms with Crippen LogP contribution in [0.5, 0.6) is 0 Å². The maximum Gasteiger partial charge on any atom is 0.335 e. The lowest BCUT2D eigenvalue weighted by molar-refractivity contribution is 0.0697. The highest BCUT2D eigenvalue weighted by molar-refractivity contribution is 5.90. The molecule has 28 heavy (non-hydrogen) atoms. The first-order chi connectivity index (χ1) is 13.4. The molecule has 1 aliphatic heterocycles. The quantitative estimate of drug-likeness (QED) is 0.729. The number of hydrogen-bond donors (Lipinski definition) is 3. The largest absolute Gasteiger partial charge is 0.478 e. The number of rotatable bonds is 5. The summed E-state index contributed by atoms with van der Waals surface area (Å²) >= 11 is 0. The Hall–Kier alpha value is -3.20. The minimum atomic E-state index is -1.05. The predicted octanol–water partition coefficient (Wildman–Crippen LogP) is 2.82. The highest BCUT2D eigenvalue weighted by Gasteiger charge is 2.19. The van der Waals surface area contributed by atoms with Crippen LogP contribution in [0, 0.1) is 11.6 Å². The van der Waals surface area contributed by atoms with Crippen molar-refractivity contribution in [1.82, 2.24) is 5.32 Å². The standard InChI is InChI=1S/C19H19F2N3O4/c20-14-10-17(24-5-7-28-8-6-24)15(21)9-16(14)23-19(27)22-11-12-1-3-13(4-2-12)18(25)26/h1-4,9-10H,5-8,11H2,(H,25,26)(H2,22,23,27). The van der Waals surface area contributed by atoms with Crippen LogP contribution in [0.2, 0.25) is 0 Å². The van der Waals surface area contributed by atoms with Crippen molar-refractivity contribution >= 4 is 23.4 Å². The Bertz CT molecular complexity index is 868. The number of carbonyl (C=O) groups excluding carboxylic acids is 1. The maximum atomic E-state index is 14.4. The number of aromatic carboxylic acids is 1. The number of ether oxygens (including phenoxy) is 1. The second kappa shape index (κ2) is 8.66. The third-order valence-electron chi connectivity index (χ3n) is 4.29. The lowest BCUT2D eigenvalue weighted by Crippen LogP contribution is -2.37. The van der Waals surface area contributed by atoms with Gasteiger partial charge in [0.05, 0.1) is 30.2 Å². The number of urea groups is 1. The van der Waals surface area contributed by atoms with Crippen molar-refractivity contribution in [3.05, 3.63) is 59.2 Å². The van der Waals surface area contributed by atoms with E-state index in [2.05, 4.69) is 10.6 Å². The van der Waals surface area contributed by atoms with E-state index in [0.29, 0.717) is 31.9 Å².